The van der Waals surface area contributed by atoms with Gasteiger partial charge in [0.1, 0.15) is 46.0 Å². The molecule has 20 heteroatoms. The van der Waals surface area contributed by atoms with Crippen LogP contribution in [0.25, 0.3) is 0 Å². The Morgan fingerprint density at radius 3 is 0.621 bits per heavy atom. The zero-order chi connectivity index (χ0) is 81.7. The SMILES string of the molecule is CCC1(OCOC(=O)c2ccc(C3c4cc(c(OC)cc4O)C(c4ccc(C(=O)OCOC5(CC)CCCCC5)cc4)c4cc(c(OC)cc4O)C(c4ccc(C(=O)OCOC5(CC)CCCCC5)cc4)c4cc(c(OC)cc4O)C(c4ccc(C(=O)OCOC5(CC)CCCCC5)cc4)c4cc3c(OC)cc4O)cc2)CCCCC1. The van der Waals surface area contributed by atoms with E-state index in [-0.39, 0.29) is 140 Å². The van der Waals surface area contributed by atoms with E-state index in [1.807, 2.05) is 0 Å². The first kappa shape index (κ1) is 83.8. The van der Waals surface area contributed by atoms with Gasteiger partial charge in [-0.2, -0.15) is 0 Å². The van der Waals surface area contributed by atoms with E-state index in [2.05, 4.69) is 27.7 Å². The summed E-state index contributed by atoms with van der Waals surface area (Å²) in [6.45, 7) is 7.40. The van der Waals surface area contributed by atoms with E-state index >= 15 is 0 Å². The first-order valence-electron chi connectivity index (χ1n) is 41.5. The van der Waals surface area contributed by atoms with E-state index in [9.17, 15) is 39.6 Å². The van der Waals surface area contributed by atoms with Crippen LogP contribution in [0.4, 0.5) is 0 Å². The Morgan fingerprint density at radius 1 is 0.276 bits per heavy atom. The Kier molecular flexibility index (Phi) is 27.0. The Hall–Kier alpha value is -10.1. The maximum absolute atomic E-state index is 14.2. The van der Waals surface area contributed by atoms with Gasteiger partial charge >= 0.3 is 23.9 Å². The van der Waals surface area contributed by atoms with Crippen LogP contribution in [0.3, 0.4) is 0 Å². The molecule has 8 bridgehead atoms. The predicted molar refractivity (Wildman–Crippen MR) is 438 cm³/mol. The molecule has 0 amide bonds. The summed E-state index contributed by atoms with van der Waals surface area (Å²) in [6.07, 6.45) is 22.8. The predicted octanol–water partition coefficient (Wildman–Crippen LogP) is 20.6. The molecular formula is C96H112O20. The first-order valence-corrected chi connectivity index (χ1v) is 41.5. The monoisotopic (exact) mass is 1580 g/mol. The molecule has 616 valence electrons. The number of aromatic hydroxyl groups is 4. The van der Waals surface area contributed by atoms with Gasteiger partial charge in [-0.1, -0.05) is 153 Å². The summed E-state index contributed by atoms with van der Waals surface area (Å²) in [5.74, 6) is -6.98. The molecule has 116 heavy (non-hydrogen) atoms. The molecule has 0 saturated heterocycles. The molecule has 4 atom stereocenters. The minimum Gasteiger partial charge on any atom is -0.507 e. The van der Waals surface area contributed by atoms with Crippen molar-refractivity contribution in [3.8, 4) is 46.0 Å². The van der Waals surface area contributed by atoms with Gasteiger partial charge in [0.2, 0.25) is 0 Å². The zero-order valence-corrected chi connectivity index (χ0v) is 68.3. The molecule has 4 fully saturated rings. The molecule has 4 unspecified atom stereocenters. The van der Waals surface area contributed by atoms with Crippen LogP contribution in [-0.2, 0) is 37.9 Å². The number of benzene rings is 8. The molecule has 8 aromatic rings. The van der Waals surface area contributed by atoms with Crippen LogP contribution in [0, 0.1) is 0 Å². The molecule has 5 aliphatic rings. The maximum atomic E-state index is 14.2. The fraction of sp³-hybridized carbons (Fsp3) is 0.458. The fourth-order valence-electron chi connectivity index (χ4n) is 18.7. The van der Waals surface area contributed by atoms with Crippen molar-refractivity contribution in [1.29, 1.82) is 0 Å². The highest BCUT2D eigenvalue weighted by Gasteiger charge is 2.40. The highest BCUT2D eigenvalue weighted by atomic mass is 16.7. The van der Waals surface area contributed by atoms with Crippen LogP contribution in [0.2, 0.25) is 0 Å². The first-order chi connectivity index (χ1) is 56.3. The number of hydrogen-bond donors (Lipinski definition) is 4. The minimum atomic E-state index is -1.06. The van der Waals surface area contributed by atoms with Crippen molar-refractivity contribution in [3.05, 3.63) is 235 Å². The zero-order valence-electron chi connectivity index (χ0n) is 68.3. The van der Waals surface area contributed by atoms with Crippen molar-refractivity contribution in [2.45, 2.75) is 228 Å². The van der Waals surface area contributed by atoms with Gasteiger partial charge in [-0.25, -0.2) is 19.2 Å². The molecule has 4 saturated carbocycles. The molecule has 0 heterocycles. The minimum absolute atomic E-state index is 0.178. The van der Waals surface area contributed by atoms with Crippen molar-refractivity contribution in [2.75, 3.05) is 55.6 Å². The van der Waals surface area contributed by atoms with Gasteiger partial charge in [-0.3, -0.25) is 0 Å². The van der Waals surface area contributed by atoms with Crippen molar-refractivity contribution >= 4 is 23.9 Å². The van der Waals surface area contributed by atoms with Gasteiger partial charge in [-0.15, -0.1) is 0 Å². The highest BCUT2D eigenvalue weighted by Crippen LogP contribution is 2.55. The van der Waals surface area contributed by atoms with E-state index < -0.39 is 47.5 Å². The standard InChI is InChI=1S/C96H112O20/c1-9-93(41-17-13-18-42-93)113-57-109-89(101)65-33-25-61(26-34-65)85-69-49-74(82(106-6)53-77(69)97)87(63-29-37-67(38-30-63)91(103)111-59-115-95(11-3)45-21-15-22-46-95)71-51-76(84(108-8)55-79(71)99)88(64-31-39-68(40-32-64)92(104)112-60-116-96(12-4)47-23-16-24-48-96)72-52-75(83(107-7)56-80(72)100)86(70-50-73(85)81(105-5)54-78(70)98)62-27-35-66(36-28-62)90(102)110-58-114-94(10-2)43-19-14-20-44-94/h25-40,49-56,85-88,97-100H,9-24,41-48,57-60H2,1-8H3. The van der Waals surface area contributed by atoms with Crippen molar-refractivity contribution in [2.24, 2.45) is 0 Å². The summed E-state index contributed by atoms with van der Waals surface area (Å²) >= 11 is 0. The number of fused-ring (bicyclic) bond motifs is 8. The largest absolute Gasteiger partial charge is 0.507 e. The van der Waals surface area contributed by atoms with Crippen LogP contribution in [0.1, 0.15) is 314 Å². The topological polar surface area (TPSA) is 260 Å². The second kappa shape index (κ2) is 37.4. The lowest BCUT2D eigenvalue weighted by Gasteiger charge is -2.36. The lowest BCUT2D eigenvalue weighted by molar-refractivity contribution is -0.138. The quantitative estimate of drug-likeness (QED) is 0.0202. The van der Waals surface area contributed by atoms with E-state index in [0.29, 0.717) is 44.5 Å². The summed E-state index contributed by atoms with van der Waals surface area (Å²) in [4.78, 5) is 56.7. The van der Waals surface area contributed by atoms with Gasteiger partial charge in [0.15, 0.2) is 27.2 Å². The second-order valence-electron chi connectivity index (χ2n) is 32.0. The number of esters is 4. The highest BCUT2D eigenvalue weighted by molar-refractivity contribution is 5.91. The number of methoxy groups -OCH3 is 4. The number of ether oxygens (including phenoxy) is 12. The van der Waals surface area contributed by atoms with Crippen LogP contribution < -0.4 is 18.9 Å². The van der Waals surface area contributed by atoms with E-state index in [0.717, 1.165) is 154 Å². The second-order valence-corrected chi connectivity index (χ2v) is 32.0. The third kappa shape index (κ3) is 18.2. The normalized spacial score (nSPS) is 19.3. The lowest BCUT2D eigenvalue weighted by Crippen LogP contribution is -2.35. The smallest absolute Gasteiger partial charge is 0.340 e. The van der Waals surface area contributed by atoms with Gasteiger partial charge in [0.25, 0.3) is 0 Å². The van der Waals surface area contributed by atoms with Crippen LogP contribution >= 0.6 is 0 Å². The summed E-state index contributed by atoms with van der Waals surface area (Å²) < 4.78 is 74.2. The number of carbonyl (C=O) groups is 4. The van der Waals surface area contributed by atoms with Gasteiger partial charge in [0.05, 0.1) is 73.1 Å². The van der Waals surface area contributed by atoms with Crippen LogP contribution in [-0.4, -0.2) is 122 Å². The molecule has 0 radical (unpaired) electrons. The molecule has 0 spiro atoms. The van der Waals surface area contributed by atoms with E-state index in [4.69, 9.17) is 56.8 Å². The molecule has 13 rings (SSSR count). The number of hydrogen-bond acceptors (Lipinski definition) is 20. The Morgan fingerprint density at radius 2 is 0.457 bits per heavy atom. The molecule has 0 aromatic heterocycles. The molecule has 20 nitrogen and oxygen atoms in total. The van der Waals surface area contributed by atoms with Gasteiger partial charge in [-0.05, 0) is 172 Å². The molecule has 8 aromatic carbocycles. The average Bonchev–Trinajstić information content (AvgIpc) is 0.735. The summed E-state index contributed by atoms with van der Waals surface area (Å²) in [7, 11) is 5.88. The van der Waals surface area contributed by atoms with Gasteiger partial charge < -0.3 is 77.3 Å². The van der Waals surface area contributed by atoms with Gasteiger partial charge in [0, 0.05) is 92.4 Å². The van der Waals surface area contributed by atoms with Crippen LogP contribution in [0.15, 0.2) is 146 Å². The number of phenols is 4. The third-order valence-electron chi connectivity index (χ3n) is 25.8. The molecule has 0 aliphatic heterocycles. The van der Waals surface area contributed by atoms with E-state index in [1.54, 1.807) is 121 Å². The lowest BCUT2D eigenvalue weighted by atomic mass is 9.75. The van der Waals surface area contributed by atoms with Crippen molar-refractivity contribution < 1.29 is 96.4 Å². The maximum Gasteiger partial charge on any atom is 0.340 e. The molecule has 5 aliphatic carbocycles. The van der Waals surface area contributed by atoms with Crippen LogP contribution in [0.5, 0.6) is 46.0 Å². The number of rotatable bonds is 28. The average molecular weight is 1590 g/mol. The Labute approximate surface area is 681 Å². The Balaban J connectivity index is 1.02. The third-order valence-corrected chi connectivity index (χ3v) is 25.8. The van der Waals surface area contributed by atoms with Crippen molar-refractivity contribution in [1.82, 2.24) is 0 Å². The summed E-state index contributed by atoms with van der Waals surface area (Å²) in [5, 5.41) is 52.4. The number of phenolic OH excluding ortho intramolecular Hbond substituents is 4. The fourth-order valence-corrected chi connectivity index (χ4v) is 18.7. The summed E-state index contributed by atoms with van der Waals surface area (Å²) in [5.41, 5.74) is 4.16. The summed E-state index contributed by atoms with van der Waals surface area (Å²) in [6, 6.07) is 40.4. The number of carbonyl (C=O) groups excluding carboxylic acids is 4. The van der Waals surface area contributed by atoms with Crippen molar-refractivity contribution in [3.63, 3.8) is 0 Å². The molecule has 4 N–H and O–H groups in total. The molecular weight excluding hydrogens is 1470 g/mol. The van der Waals surface area contributed by atoms with E-state index in [1.165, 1.54) is 52.7 Å². The Bertz CT molecular complexity index is 4120.